The van der Waals surface area contributed by atoms with E-state index in [-0.39, 0.29) is 0 Å². The average molecular weight is 266 g/mol. The molecule has 2 aliphatic rings. The molecule has 1 saturated carbocycles. The molecule has 1 heterocycles. The van der Waals surface area contributed by atoms with Crippen LogP contribution in [0.4, 0.5) is 0 Å². The highest BCUT2D eigenvalue weighted by atomic mass is 15.2. The molecule has 2 rings (SSSR count). The molecule has 0 unspecified atom stereocenters. The third kappa shape index (κ3) is 3.16. The highest BCUT2D eigenvalue weighted by Gasteiger charge is 2.42. The third-order valence-corrected chi connectivity index (χ3v) is 5.97. The Morgan fingerprint density at radius 1 is 0.947 bits per heavy atom. The second kappa shape index (κ2) is 6.58. The largest absolute Gasteiger partial charge is 0.329 e. The lowest BCUT2D eigenvalue weighted by atomic mass is 9.75. The summed E-state index contributed by atoms with van der Waals surface area (Å²) in [6.45, 7) is 8.07. The molecule has 0 radical (unpaired) electrons. The molecule has 0 aromatic rings. The first-order valence-electron chi connectivity index (χ1n) is 8.65. The third-order valence-electron chi connectivity index (χ3n) is 5.97. The zero-order chi connectivity index (χ0) is 13.8. The number of nitrogens with zero attached hydrogens (tertiary/aromatic N) is 1. The van der Waals surface area contributed by atoms with Crippen molar-refractivity contribution in [3.05, 3.63) is 0 Å². The maximum Gasteiger partial charge on any atom is 0.0331 e. The Morgan fingerprint density at radius 2 is 1.47 bits per heavy atom. The summed E-state index contributed by atoms with van der Waals surface area (Å²) in [5.41, 5.74) is 7.25. The molecule has 1 saturated heterocycles. The van der Waals surface area contributed by atoms with Crippen LogP contribution >= 0.6 is 0 Å². The summed E-state index contributed by atoms with van der Waals surface area (Å²) >= 11 is 0. The first-order chi connectivity index (χ1) is 9.20. The number of piperidine rings is 1. The van der Waals surface area contributed by atoms with Gasteiger partial charge in [0.1, 0.15) is 0 Å². The summed E-state index contributed by atoms with van der Waals surface area (Å²) in [7, 11) is 0. The van der Waals surface area contributed by atoms with E-state index in [2.05, 4.69) is 18.7 Å². The lowest BCUT2D eigenvalue weighted by Gasteiger charge is -2.49. The van der Waals surface area contributed by atoms with E-state index in [4.69, 9.17) is 5.73 Å². The van der Waals surface area contributed by atoms with Crippen LogP contribution in [0.2, 0.25) is 0 Å². The van der Waals surface area contributed by atoms with Gasteiger partial charge in [0.05, 0.1) is 0 Å². The van der Waals surface area contributed by atoms with Gasteiger partial charge in [0, 0.05) is 12.1 Å². The van der Waals surface area contributed by atoms with Crippen molar-refractivity contribution in [1.82, 2.24) is 4.90 Å². The molecule has 112 valence electrons. The molecule has 2 N–H and O–H groups in total. The summed E-state index contributed by atoms with van der Waals surface area (Å²) in [4.78, 5) is 2.77. The molecule has 0 aromatic heterocycles. The minimum absolute atomic E-state index is 0.309. The summed E-state index contributed by atoms with van der Waals surface area (Å²) in [5, 5.41) is 0. The minimum atomic E-state index is 0.309. The smallest absolute Gasteiger partial charge is 0.0331 e. The highest BCUT2D eigenvalue weighted by Crippen LogP contribution is 2.47. The molecule has 1 spiro atoms. The fourth-order valence-electron chi connectivity index (χ4n) is 4.79. The quantitative estimate of drug-likeness (QED) is 0.789. The van der Waals surface area contributed by atoms with Crippen molar-refractivity contribution in [2.45, 2.75) is 83.6 Å². The minimum Gasteiger partial charge on any atom is -0.329 e. The molecule has 2 nitrogen and oxygen atoms in total. The Balaban J connectivity index is 1.99. The Morgan fingerprint density at radius 3 is 1.89 bits per heavy atom. The first-order valence-corrected chi connectivity index (χ1v) is 8.65. The van der Waals surface area contributed by atoms with Crippen LogP contribution in [0.25, 0.3) is 0 Å². The van der Waals surface area contributed by atoms with Crippen molar-refractivity contribution in [2.24, 2.45) is 11.1 Å². The van der Waals surface area contributed by atoms with Gasteiger partial charge in [-0.15, -0.1) is 0 Å². The maximum absolute atomic E-state index is 6.21. The van der Waals surface area contributed by atoms with E-state index in [9.17, 15) is 0 Å². The summed E-state index contributed by atoms with van der Waals surface area (Å²) < 4.78 is 0. The number of rotatable bonds is 6. The molecule has 19 heavy (non-hydrogen) atoms. The normalized spacial score (nSPS) is 24.2. The van der Waals surface area contributed by atoms with Gasteiger partial charge in [-0.3, -0.25) is 4.90 Å². The highest BCUT2D eigenvalue weighted by molar-refractivity contribution is 4.97. The van der Waals surface area contributed by atoms with Crippen molar-refractivity contribution in [3.8, 4) is 0 Å². The van der Waals surface area contributed by atoms with Crippen LogP contribution in [0.1, 0.15) is 78.1 Å². The van der Waals surface area contributed by atoms with E-state index >= 15 is 0 Å². The van der Waals surface area contributed by atoms with Crippen molar-refractivity contribution in [3.63, 3.8) is 0 Å². The van der Waals surface area contributed by atoms with E-state index in [1.165, 1.54) is 77.3 Å². The van der Waals surface area contributed by atoms with Gasteiger partial charge in [-0.25, -0.2) is 0 Å². The van der Waals surface area contributed by atoms with Crippen molar-refractivity contribution < 1.29 is 0 Å². The lowest BCUT2D eigenvalue weighted by molar-refractivity contribution is 0.0111. The number of nitrogens with two attached hydrogens (primary N) is 1. The van der Waals surface area contributed by atoms with Crippen LogP contribution in [-0.4, -0.2) is 30.1 Å². The zero-order valence-electron chi connectivity index (χ0n) is 13.2. The topological polar surface area (TPSA) is 29.3 Å². The second-order valence-electron chi connectivity index (χ2n) is 7.12. The Kier molecular flexibility index (Phi) is 5.30. The Bertz CT molecular complexity index is 252. The molecular weight excluding hydrogens is 232 g/mol. The molecule has 1 aliphatic heterocycles. The summed E-state index contributed by atoms with van der Waals surface area (Å²) in [5.74, 6) is 0. The fourth-order valence-corrected chi connectivity index (χ4v) is 4.79. The van der Waals surface area contributed by atoms with Gasteiger partial charge in [0.15, 0.2) is 0 Å². The Hall–Kier alpha value is -0.0800. The predicted octanol–water partition coefficient (Wildman–Crippen LogP) is 3.94. The molecule has 0 aromatic carbocycles. The maximum atomic E-state index is 6.21. The SMILES string of the molecule is CCCC(CN)(CCC)N1CCC2(CCCC2)CC1. The van der Waals surface area contributed by atoms with Gasteiger partial charge < -0.3 is 5.73 Å². The van der Waals surface area contributed by atoms with Gasteiger partial charge in [0.2, 0.25) is 0 Å². The van der Waals surface area contributed by atoms with E-state index in [1.807, 2.05) is 0 Å². The molecule has 0 amide bonds. The summed E-state index contributed by atoms with van der Waals surface area (Å²) in [6, 6.07) is 0. The first kappa shape index (κ1) is 15.3. The molecule has 0 bridgehead atoms. The standard InChI is InChI=1S/C17H34N2/c1-3-7-17(15-18,8-4-2)19-13-11-16(12-14-19)9-5-6-10-16/h3-15,18H2,1-2H3. The average Bonchev–Trinajstić information content (AvgIpc) is 2.87. The monoisotopic (exact) mass is 266 g/mol. The summed E-state index contributed by atoms with van der Waals surface area (Å²) in [6.07, 6.45) is 13.9. The van der Waals surface area contributed by atoms with Gasteiger partial charge >= 0.3 is 0 Å². The van der Waals surface area contributed by atoms with Gasteiger partial charge in [-0.1, -0.05) is 39.5 Å². The van der Waals surface area contributed by atoms with Gasteiger partial charge in [0.25, 0.3) is 0 Å². The van der Waals surface area contributed by atoms with E-state index < -0.39 is 0 Å². The Labute approximate surface area is 120 Å². The number of likely N-dealkylation sites (tertiary alicyclic amines) is 1. The van der Waals surface area contributed by atoms with E-state index in [0.717, 1.165) is 12.0 Å². The van der Waals surface area contributed by atoms with Crippen LogP contribution in [0.5, 0.6) is 0 Å². The van der Waals surface area contributed by atoms with Gasteiger partial charge in [-0.2, -0.15) is 0 Å². The lowest BCUT2D eigenvalue weighted by Crippen LogP contribution is -2.57. The van der Waals surface area contributed by atoms with Crippen LogP contribution in [0.15, 0.2) is 0 Å². The zero-order valence-corrected chi connectivity index (χ0v) is 13.2. The second-order valence-corrected chi connectivity index (χ2v) is 7.12. The number of hydrogen-bond acceptors (Lipinski definition) is 2. The predicted molar refractivity (Wildman–Crippen MR) is 83.3 cm³/mol. The van der Waals surface area contributed by atoms with Crippen molar-refractivity contribution in [2.75, 3.05) is 19.6 Å². The molecule has 1 aliphatic carbocycles. The van der Waals surface area contributed by atoms with E-state index in [0.29, 0.717) is 5.54 Å². The van der Waals surface area contributed by atoms with Gasteiger partial charge in [-0.05, 0) is 57.0 Å². The molecule has 2 heteroatoms. The van der Waals surface area contributed by atoms with Crippen molar-refractivity contribution in [1.29, 1.82) is 0 Å². The molecular formula is C17H34N2. The molecule has 0 atom stereocenters. The van der Waals surface area contributed by atoms with Crippen LogP contribution < -0.4 is 5.73 Å². The van der Waals surface area contributed by atoms with Crippen molar-refractivity contribution >= 4 is 0 Å². The number of hydrogen-bond donors (Lipinski definition) is 1. The van der Waals surface area contributed by atoms with Crippen LogP contribution in [0.3, 0.4) is 0 Å². The molecule has 2 fully saturated rings. The fraction of sp³-hybridized carbons (Fsp3) is 1.00. The van der Waals surface area contributed by atoms with Crippen LogP contribution in [0, 0.1) is 5.41 Å². The van der Waals surface area contributed by atoms with Crippen LogP contribution in [-0.2, 0) is 0 Å². The van der Waals surface area contributed by atoms with E-state index in [1.54, 1.807) is 0 Å².